The maximum Gasteiger partial charge on any atom is 0.284 e. The van der Waals surface area contributed by atoms with E-state index in [0.29, 0.717) is 30.2 Å². The lowest BCUT2D eigenvalue weighted by atomic mass is 10.3. The van der Waals surface area contributed by atoms with Gasteiger partial charge in [0.05, 0.1) is 16.1 Å². The number of benzene rings is 1. The first-order chi connectivity index (χ1) is 13.0. The van der Waals surface area contributed by atoms with Gasteiger partial charge in [0.15, 0.2) is 5.17 Å². The number of carbonyl (C=O) groups excluding carboxylic acids is 1. The van der Waals surface area contributed by atoms with Gasteiger partial charge < -0.3 is 9.15 Å². The number of ether oxygens (including phenoxy) is 1. The van der Waals surface area contributed by atoms with Gasteiger partial charge in [0, 0.05) is 26.3 Å². The van der Waals surface area contributed by atoms with Gasteiger partial charge in [0.25, 0.3) is 15.9 Å². The molecule has 2 heterocycles. The topological polar surface area (TPSA) is 89.2 Å². The van der Waals surface area contributed by atoms with Crippen molar-refractivity contribution < 1.29 is 22.4 Å². The standard InChI is InChI=1S/C18H18N2O5S2/c1-24-11-6-10-20-17(21)16(13-14-7-5-12-25-14)26-18(20)19-27(22,23)15-8-3-2-4-9-15/h2-5,7-9,12-13H,6,10-11H2,1H3/b16-13-,19-18-. The number of hydrogen-bond donors (Lipinski definition) is 0. The number of furan rings is 1. The molecule has 0 atom stereocenters. The van der Waals surface area contributed by atoms with Crippen LogP contribution in [-0.2, 0) is 19.6 Å². The van der Waals surface area contributed by atoms with Gasteiger partial charge in [0.2, 0.25) is 0 Å². The van der Waals surface area contributed by atoms with Crippen molar-refractivity contribution in [3.63, 3.8) is 0 Å². The van der Waals surface area contributed by atoms with Crippen molar-refractivity contribution >= 4 is 38.9 Å². The molecule has 9 heteroatoms. The predicted octanol–water partition coefficient (Wildman–Crippen LogP) is 2.98. The van der Waals surface area contributed by atoms with Crippen LogP contribution in [0.4, 0.5) is 0 Å². The summed E-state index contributed by atoms with van der Waals surface area (Å²) in [5.74, 6) is 0.198. The zero-order valence-electron chi connectivity index (χ0n) is 14.6. The van der Waals surface area contributed by atoms with E-state index in [-0.39, 0.29) is 16.0 Å². The average Bonchev–Trinajstić information content (AvgIpc) is 3.26. The Kier molecular flexibility index (Phi) is 6.15. The first-order valence-corrected chi connectivity index (χ1v) is 10.4. The van der Waals surface area contributed by atoms with Gasteiger partial charge in [-0.3, -0.25) is 9.69 Å². The minimum atomic E-state index is -3.92. The van der Waals surface area contributed by atoms with Crippen molar-refractivity contribution in [3.05, 3.63) is 59.4 Å². The number of sulfonamides is 1. The Morgan fingerprint density at radius 3 is 2.67 bits per heavy atom. The average molecular weight is 406 g/mol. The maximum absolute atomic E-state index is 12.7. The van der Waals surface area contributed by atoms with Crippen LogP contribution in [-0.4, -0.2) is 44.7 Å². The lowest BCUT2D eigenvalue weighted by Gasteiger charge is -2.14. The largest absolute Gasteiger partial charge is 0.465 e. The fraction of sp³-hybridized carbons (Fsp3) is 0.222. The van der Waals surface area contributed by atoms with E-state index in [4.69, 9.17) is 9.15 Å². The Labute approximate surface area is 161 Å². The third-order valence-electron chi connectivity index (χ3n) is 3.67. The molecule has 0 unspecified atom stereocenters. The highest BCUT2D eigenvalue weighted by Crippen LogP contribution is 2.33. The van der Waals surface area contributed by atoms with Gasteiger partial charge in [-0.2, -0.15) is 8.42 Å². The molecule has 27 heavy (non-hydrogen) atoms. The quantitative estimate of drug-likeness (QED) is 0.519. The molecule has 0 aliphatic carbocycles. The van der Waals surface area contributed by atoms with Crippen LogP contribution >= 0.6 is 11.8 Å². The van der Waals surface area contributed by atoms with Gasteiger partial charge in [0.1, 0.15) is 5.76 Å². The van der Waals surface area contributed by atoms with Gasteiger partial charge in [-0.1, -0.05) is 18.2 Å². The zero-order valence-corrected chi connectivity index (χ0v) is 16.2. The number of rotatable bonds is 7. The van der Waals surface area contributed by atoms with Gasteiger partial charge in [-0.05, 0) is 42.4 Å². The second-order valence-corrected chi connectivity index (χ2v) is 8.20. The molecule has 1 aromatic heterocycles. The third kappa shape index (κ3) is 4.68. The van der Waals surface area contributed by atoms with Crippen molar-refractivity contribution in [3.8, 4) is 0 Å². The molecule has 7 nitrogen and oxygen atoms in total. The lowest BCUT2D eigenvalue weighted by Crippen LogP contribution is -2.31. The van der Waals surface area contributed by atoms with E-state index >= 15 is 0 Å². The Morgan fingerprint density at radius 1 is 1.22 bits per heavy atom. The summed E-state index contributed by atoms with van der Waals surface area (Å²) in [6, 6.07) is 11.3. The summed E-state index contributed by atoms with van der Waals surface area (Å²) in [6.07, 6.45) is 3.64. The molecule has 2 aromatic rings. The summed E-state index contributed by atoms with van der Waals surface area (Å²) in [4.78, 5) is 14.5. The Hall–Kier alpha value is -2.36. The van der Waals surface area contributed by atoms with Crippen LogP contribution in [0, 0.1) is 0 Å². The van der Waals surface area contributed by atoms with E-state index in [1.807, 2.05) is 0 Å². The van der Waals surface area contributed by atoms with Gasteiger partial charge >= 0.3 is 0 Å². The molecule has 0 radical (unpaired) electrons. The molecule has 3 rings (SSSR count). The number of nitrogens with zero attached hydrogens (tertiary/aromatic N) is 2. The van der Waals surface area contributed by atoms with E-state index < -0.39 is 10.0 Å². The van der Waals surface area contributed by atoms with Crippen LogP contribution in [0.15, 0.2) is 67.3 Å². The van der Waals surface area contributed by atoms with Crippen LogP contribution in [0.2, 0.25) is 0 Å². The van der Waals surface area contributed by atoms with Crippen molar-refractivity contribution in [1.82, 2.24) is 4.90 Å². The monoisotopic (exact) mass is 406 g/mol. The van der Waals surface area contributed by atoms with Gasteiger partial charge in [-0.15, -0.1) is 4.40 Å². The van der Waals surface area contributed by atoms with Crippen molar-refractivity contribution in [2.24, 2.45) is 4.40 Å². The maximum atomic E-state index is 12.7. The number of amidine groups is 1. The highest BCUT2D eigenvalue weighted by Gasteiger charge is 2.35. The second-order valence-electron chi connectivity index (χ2n) is 5.59. The summed E-state index contributed by atoms with van der Waals surface area (Å²) < 4.78 is 39.4. The smallest absolute Gasteiger partial charge is 0.284 e. The summed E-state index contributed by atoms with van der Waals surface area (Å²) in [5.41, 5.74) is 0. The van der Waals surface area contributed by atoms with Crippen LogP contribution in [0.1, 0.15) is 12.2 Å². The Bertz CT molecular complexity index is 951. The van der Waals surface area contributed by atoms with Gasteiger partial charge in [-0.25, -0.2) is 0 Å². The number of carbonyl (C=O) groups is 1. The molecule has 1 aromatic carbocycles. The van der Waals surface area contributed by atoms with Crippen LogP contribution in [0.3, 0.4) is 0 Å². The number of thioether (sulfide) groups is 1. The molecular weight excluding hydrogens is 388 g/mol. The lowest BCUT2D eigenvalue weighted by molar-refractivity contribution is -0.122. The van der Waals surface area contributed by atoms with Crippen molar-refractivity contribution in [2.75, 3.05) is 20.3 Å². The minimum Gasteiger partial charge on any atom is -0.465 e. The normalized spacial score (nSPS) is 18.0. The number of methoxy groups -OCH3 is 1. The predicted molar refractivity (Wildman–Crippen MR) is 104 cm³/mol. The van der Waals surface area contributed by atoms with E-state index in [9.17, 15) is 13.2 Å². The minimum absolute atomic E-state index is 0.0749. The highest BCUT2D eigenvalue weighted by atomic mass is 32.2. The summed E-state index contributed by atoms with van der Waals surface area (Å²) >= 11 is 1.01. The van der Waals surface area contributed by atoms with E-state index in [1.165, 1.54) is 23.3 Å². The number of hydrogen-bond acceptors (Lipinski definition) is 6. The van der Waals surface area contributed by atoms with E-state index in [2.05, 4.69) is 4.40 Å². The van der Waals surface area contributed by atoms with E-state index in [0.717, 1.165) is 11.8 Å². The summed E-state index contributed by atoms with van der Waals surface area (Å²) in [7, 11) is -2.36. The van der Waals surface area contributed by atoms with Crippen LogP contribution in [0.25, 0.3) is 6.08 Å². The molecule has 1 fully saturated rings. The molecule has 1 saturated heterocycles. The Morgan fingerprint density at radius 2 is 2.00 bits per heavy atom. The summed E-state index contributed by atoms with van der Waals surface area (Å²) in [6.45, 7) is 0.753. The first kappa shape index (κ1) is 19.4. The fourth-order valence-electron chi connectivity index (χ4n) is 2.39. The molecule has 1 aliphatic heterocycles. The second kappa shape index (κ2) is 8.55. The molecule has 0 bridgehead atoms. The van der Waals surface area contributed by atoms with Crippen molar-refractivity contribution in [2.45, 2.75) is 11.3 Å². The molecule has 0 spiro atoms. The first-order valence-electron chi connectivity index (χ1n) is 8.15. The third-order valence-corrected chi connectivity index (χ3v) is 6.08. The molecule has 0 N–H and O–H groups in total. The zero-order chi connectivity index (χ0) is 19.3. The fourth-order valence-corrected chi connectivity index (χ4v) is 4.60. The van der Waals surface area contributed by atoms with Crippen molar-refractivity contribution in [1.29, 1.82) is 0 Å². The molecule has 1 aliphatic rings. The highest BCUT2D eigenvalue weighted by molar-refractivity contribution is 8.19. The molecule has 1 amide bonds. The number of amides is 1. The van der Waals surface area contributed by atoms with Crippen LogP contribution < -0.4 is 0 Å². The van der Waals surface area contributed by atoms with Crippen LogP contribution in [0.5, 0.6) is 0 Å². The Balaban J connectivity index is 1.94. The van der Waals surface area contributed by atoms with E-state index in [1.54, 1.807) is 43.5 Å². The SMILES string of the molecule is COCCCN1C(=O)/C(=C/c2ccco2)S/C1=N\S(=O)(=O)c1ccccc1. The molecule has 0 saturated carbocycles. The molecular formula is C18H18N2O5S2. The summed E-state index contributed by atoms with van der Waals surface area (Å²) in [5, 5.41) is 0.123. The molecule has 142 valence electrons.